The Morgan fingerprint density at radius 3 is 2.61 bits per heavy atom. The van der Waals surface area contributed by atoms with Crippen LogP contribution in [0, 0.1) is 10.1 Å². The highest BCUT2D eigenvalue weighted by Crippen LogP contribution is 2.39. The first-order valence-electron chi connectivity index (χ1n) is 13.4. The van der Waals surface area contributed by atoms with Crippen molar-refractivity contribution >= 4 is 45.1 Å². The number of ether oxygens (including phenoxy) is 1. The van der Waals surface area contributed by atoms with E-state index in [1.54, 1.807) is 40.7 Å². The average Bonchev–Trinajstić information content (AvgIpc) is 3.63. The molecule has 0 saturated carbocycles. The fraction of sp³-hybridized carbons (Fsp3) is 0.357. The van der Waals surface area contributed by atoms with Gasteiger partial charge in [0, 0.05) is 69.7 Å². The Kier molecular flexibility index (Phi) is 8.47. The predicted molar refractivity (Wildman–Crippen MR) is 162 cm³/mol. The summed E-state index contributed by atoms with van der Waals surface area (Å²) in [7, 11) is 6.88. The molecule has 1 aliphatic heterocycles. The van der Waals surface area contributed by atoms with Gasteiger partial charge in [-0.2, -0.15) is 0 Å². The zero-order chi connectivity index (χ0) is 29.1. The number of aromatic nitrogens is 3. The van der Waals surface area contributed by atoms with Crippen molar-refractivity contribution in [3.63, 3.8) is 0 Å². The quantitative estimate of drug-likeness (QED) is 0.205. The molecule has 1 N–H and O–H groups in total. The molecule has 13 heteroatoms. The lowest BCUT2D eigenvalue weighted by molar-refractivity contribution is -0.384. The third kappa shape index (κ3) is 6.01. The molecule has 0 bridgehead atoms. The molecule has 5 rings (SSSR count). The van der Waals surface area contributed by atoms with Gasteiger partial charge in [-0.05, 0) is 38.1 Å². The van der Waals surface area contributed by atoms with Gasteiger partial charge in [0.05, 0.1) is 28.9 Å². The highest BCUT2D eigenvalue weighted by atomic mass is 32.2. The molecule has 4 aromatic rings. The van der Waals surface area contributed by atoms with E-state index in [1.807, 2.05) is 42.4 Å². The Hall–Kier alpha value is -4.07. The van der Waals surface area contributed by atoms with Gasteiger partial charge < -0.3 is 19.9 Å². The Labute approximate surface area is 241 Å². The molecular weight excluding hydrogens is 544 g/mol. The first kappa shape index (κ1) is 28.5. The molecule has 12 nitrogen and oxygen atoms in total. The number of nitrogens with one attached hydrogen (secondary N) is 1. The minimum Gasteiger partial charge on any atom is -0.494 e. The van der Waals surface area contributed by atoms with Crippen LogP contribution < -0.4 is 15.0 Å². The molecule has 1 atom stereocenters. The van der Waals surface area contributed by atoms with Crippen molar-refractivity contribution in [1.29, 1.82) is 0 Å². The molecule has 3 heterocycles. The Balaban J connectivity index is 1.46. The van der Waals surface area contributed by atoms with Gasteiger partial charge in [0.15, 0.2) is 0 Å². The smallest absolute Gasteiger partial charge is 0.294 e. The first-order valence-corrected chi connectivity index (χ1v) is 14.4. The minimum atomic E-state index is -1.42. The third-order valence-electron chi connectivity index (χ3n) is 7.19. The third-order valence-corrected chi connectivity index (χ3v) is 8.45. The van der Waals surface area contributed by atoms with Crippen LogP contribution in [0.1, 0.15) is 12.8 Å². The fourth-order valence-corrected chi connectivity index (χ4v) is 5.92. The summed E-state index contributed by atoms with van der Waals surface area (Å²) in [6.07, 6.45) is 5.81. The van der Waals surface area contributed by atoms with Crippen LogP contribution in [0.4, 0.5) is 23.0 Å². The van der Waals surface area contributed by atoms with E-state index in [0.717, 1.165) is 36.1 Å². The number of likely N-dealkylation sites (N-methyl/N-ethyl adjacent to an activating group) is 1. The zero-order valence-corrected chi connectivity index (χ0v) is 24.4. The van der Waals surface area contributed by atoms with Crippen molar-refractivity contribution in [2.45, 2.75) is 12.8 Å². The summed E-state index contributed by atoms with van der Waals surface area (Å²) in [6, 6.07) is 12.6. The first-order chi connectivity index (χ1) is 19.8. The van der Waals surface area contributed by atoms with Crippen LogP contribution in [0.25, 0.3) is 22.2 Å². The van der Waals surface area contributed by atoms with E-state index in [1.165, 1.54) is 26.0 Å². The van der Waals surface area contributed by atoms with Crippen molar-refractivity contribution < 1.29 is 13.9 Å². The number of para-hydroxylation sites is 1. The lowest BCUT2D eigenvalue weighted by atomic mass is 10.1. The second-order valence-corrected chi connectivity index (χ2v) is 11.7. The number of likely N-dealkylation sites (tertiary alicyclic amines) is 1. The van der Waals surface area contributed by atoms with Crippen LogP contribution in [0.15, 0.2) is 54.9 Å². The number of anilines is 3. The number of methoxy groups -OCH3 is 1. The largest absolute Gasteiger partial charge is 0.494 e. The minimum absolute atomic E-state index is 0.0392. The number of nitro benzene ring substituents is 1. The van der Waals surface area contributed by atoms with Gasteiger partial charge in [0.25, 0.3) is 5.69 Å². The van der Waals surface area contributed by atoms with E-state index in [0.29, 0.717) is 29.4 Å². The molecule has 0 spiro atoms. The van der Waals surface area contributed by atoms with Gasteiger partial charge in [-0.15, -0.1) is 0 Å². The molecule has 2 aromatic heterocycles. The molecule has 0 amide bonds. The number of rotatable bonds is 11. The van der Waals surface area contributed by atoms with E-state index in [2.05, 4.69) is 15.2 Å². The maximum Gasteiger partial charge on any atom is 0.294 e. The summed E-state index contributed by atoms with van der Waals surface area (Å²) < 4.78 is 21.9. The molecule has 0 radical (unpaired) electrons. The van der Waals surface area contributed by atoms with Gasteiger partial charge in [0.1, 0.15) is 11.4 Å². The van der Waals surface area contributed by atoms with E-state index in [-0.39, 0.29) is 16.6 Å². The summed E-state index contributed by atoms with van der Waals surface area (Å²) in [5.74, 6) is 0.682. The number of hydrogen-bond acceptors (Lipinski definition) is 9. The molecule has 1 saturated heterocycles. The Morgan fingerprint density at radius 1 is 1.15 bits per heavy atom. The Bertz CT molecular complexity index is 1580. The van der Waals surface area contributed by atoms with E-state index >= 15 is 0 Å². The Morgan fingerprint density at radius 2 is 1.90 bits per heavy atom. The van der Waals surface area contributed by atoms with E-state index < -0.39 is 11.2 Å². The van der Waals surface area contributed by atoms with Gasteiger partial charge >= 0.3 is 0 Å². The van der Waals surface area contributed by atoms with Crippen LogP contribution >= 0.6 is 0 Å². The van der Waals surface area contributed by atoms with Crippen LogP contribution in [0.3, 0.4) is 0 Å². The molecule has 1 aliphatic rings. The molecule has 2 aromatic carbocycles. The number of benzene rings is 2. The predicted octanol–water partition coefficient (Wildman–Crippen LogP) is 4.28. The molecule has 1 fully saturated rings. The summed E-state index contributed by atoms with van der Waals surface area (Å²) in [5, 5.41) is 16.1. The topological polar surface area (TPSA) is 122 Å². The molecule has 0 aliphatic carbocycles. The summed E-state index contributed by atoms with van der Waals surface area (Å²) in [6.45, 7) is 3.63. The average molecular weight is 579 g/mol. The fourth-order valence-electron chi connectivity index (χ4n) is 5.04. The van der Waals surface area contributed by atoms with E-state index in [4.69, 9.17) is 9.72 Å². The van der Waals surface area contributed by atoms with Crippen molar-refractivity contribution in [2.75, 3.05) is 64.6 Å². The monoisotopic (exact) mass is 578 g/mol. The number of nitrogens with zero attached hydrogens (tertiary/aromatic N) is 7. The molecule has 1 unspecified atom stereocenters. The van der Waals surface area contributed by atoms with Gasteiger partial charge in [0.2, 0.25) is 17.1 Å². The van der Waals surface area contributed by atoms with Crippen molar-refractivity contribution in [1.82, 2.24) is 23.1 Å². The van der Waals surface area contributed by atoms with Crippen molar-refractivity contribution in [2.24, 2.45) is 0 Å². The second-order valence-electron chi connectivity index (χ2n) is 10.1. The van der Waals surface area contributed by atoms with Gasteiger partial charge in [-0.3, -0.25) is 14.1 Å². The van der Waals surface area contributed by atoms with Gasteiger partial charge in [-0.1, -0.05) is 18.2 Å². The summed E-state index contributed by atoms with van der Waals surface area (Å²) in [5.41, 5.74) is 3.03. The van der Waals surface area contributed by atoms with Gasteiger partial charge in [-0.25, -0.2) is 18.5 Å². The molecule has 216 valence electrons. The van der Waals surface area contributed by atoms with Crippen LogP contribution in [-0.4, -0.2) is 86.7 Å². The molecular formula is C28H34N8O4S. The standard InChI is InChI=1S/C28H34N8O4S/c1-32(2)41(39)35-19-21(20-9-5-6-10-24(20)35)22-11-12-29-28(30-22)31-23-17-26(36(37)38)25(18-27(23)40-4)33(3)15-16-34-13-7-8-14-34/h5-6,9-12,17-19H,7-8,13-16H2,1-4H3,(H,29,30,31). The lowest BCUT2D eigenvalue weighted by Crippen LogP contribution is -2.31. The summed E-state index contributed by atoms with van der Waals surface area (Å²) in [4.78, 5) is 25.0. The normalized spacial score (nSPS) is 14.5. The van der Waals surface area contributed by atoms with Crippen molar-refractivity contribution in [3.8, 4) is 17.0 Å². The number of hydrogen-bond donors (Lipinski definition) is 1. The summed E-state index contributed by atoms with van der Waals surface area (Å²) >= 11 is -1.42. The maximum atomic E-state index is 12.9. The maximum absolute atomic E-state index is 12.9. The molecule has 41 heavy (non-hydrogen) atoms. The van der Waals surface area contributed by atoms with E-state index in [9.17, 15) is 14.3 Å². The van der Waals surface area contributed by atoms with Crippen LogP contribution in [0.2, 0.25) is 0 Å². The highest BCUT2D eigenvalue weighted by molar-refractivity contribution is 7.81. The number of fused-ring (bicyclic) bond motifs is 1. The SMILES string of the molecule is COc1cc(N(C)CCN2CCCC2)c([N+](=O)[O-])cc1Nc1nccc(-c2cn(S(=O)N(C)C)c3ccccc23)n1. The number of nitro groups is 1. The van der Waals surface area contributed by atoms with Crippen molar-refractivity contribution in [3.05, 3.63) is 65.0 Å². The lowest BCUT2D eigenvalue weighted by Gasteiger charge is -2.24. The second kappa shape index (κ2) is 12.2. The van der Waals surface area contributed by atoms with Crippen LogP contribution in [0.5, 0.6) is 5.75 Å². The van der Waals surface area contributed by atoms with Crippen LogP contribution in [-0.2, 0) is 11.2 Å². The highest BCUT2D eigenvalue weighted by Gasteiger charge is 2.23. The zero-order valence-electron chi connectivity index (χ0n) is 23.6.